The van der Waals surface area contributed by atoms with E-state index in [0.717, 1.165) is 37.4 Å². The molecular formula is C29H31NO2. The third kappa shape index (κ3) is 4.25. The summed E-state index contributed by atoms with van der Waals surface area (Å²) in [5.74, 6) is 2.84. The highest BCUT2D eigenvalue weighted by atomic mass is 16.5. The number of nitrogens with one attached hydrogen (secondary N) is 1. The molecule has 1 aliphatic carbocycles. The number of rotatable bonds is 8. The van der Waals surface area contributed by atoms with Crippen LogP contribution in [0.25, 0.3) is 0 Å². The van der Waals surface area contributed by atoms with Crippen molar-refractivity contribution in [3.8, 4) is 11.5 Å². The molecule has 1 N–H and O–H groups in total. The molecule has 0 aromatic heterocycles. The maximum Gasteiger partial charge on any atom is 0.124 e. The molecule has 3 atom stereocenters. The summed E-state index contributed by atoms with van der Waals surface area (Å²) in [6.45, 7) is 3.45. The van der Waals surface area contributed by atoms with E-state index in [1.54, 1.807) is 0 Å². The third-order valence-corrected chi connectivity index (χ3v) is 6.61. The predicted octanol–water partition coefficient (Wildman–Crippen LogP) is 6.92. The van der Waals surface area contributed by atoms with E-state index in [4.69, 9.17) is 9.47 Å². The van der Waals surface area contributed by atoms with Gasteiger partial charge in [0.2, 0.25) is 0 Å². The van der Waals surface area contributed by atoms with E-state index in [1.807, 2.05) is 6.92 Å². The van der Waals surface area contributed by atoms with Gasteiger partial charge < -0.3 is 14.8 Å². The lowest BCUT2D eigenvalue weighted by Gasteiger charge is -2.38. The smallest absolute Gasteiger partial charge is 0.124 e. The predicted molar refractivity (Wildman–Crippen MR) is 131 cm³/mol. The lowest BCUT2D eigenvalue weighted by atomic mass is 9.77. The van der Waals surface area contributed by atoms with Crippen LogP contribution < -0.4 is 14.8 Å². The summed E-state index contributed by atoms with van der Waals surface area (Å²) in [7, 11) is 0. The fourth-order valence-electron chi connectivity index (χ4n) is 5.11. The molecule has 164 valence electrons. The molecule has 0 radical (unpaired) electrons. The molecule has 3 aromatic rings. The largest absolute Gasteiger partial charge is 0.494 e. The standard InChI is InChI=1S/C29H31NO2/c1-2-31-28-16-7-6-13-25(28)29-24-15-8-14-23(24)26-20-22(17-18-27(26)30-29)32-19-9-12-21-10-4-3-5-11-21/h3-8,10-11,13-14,16-18,20,23-24,29-30H,2,9,12,15,19H2,1H3. The Morgan fingerprint density at radius 2 is 1.75 bits per heavy atom. The Morgan fingerprint density at radius 3 is 2.62 bits per heavy atom. The lowest BCUT2D eigenvalue weighted by Crippen LogP contribution is -2.29. The Labute approximate surface area is 191 Å². The van der Waals surface area contributed by atoms with Crippen molar-refractivity contribution in [1.29, 1.82) is 0 Å². The van der Waals surface area contributed by atoms with Crippen LogP contribution in [0.4, 0.5) is 5.69 Å². The Balaban J connectivity index is 1.31. The normalized spacial score (nSPS) is 20.8. The molecule has 0 fully saturated rings. The maximum atomic E-state index is 6.13. The number of fused-ring (bicyclic) bond motifs is 3. The summed E-state index contributed by atoms with van der Waals surface area (Å²) >= 11 is 0. The number of aryl methyl sites for hydroxylation is 1. The van der Waals surface area contributed by atoms with E-state index in [2.05, 4.69) is 90.3 Å². The third-order valence-electron chi connectivity index (χ3n) is 6.61. The molecule has 0 saturated heterocycles. The minimum atomic E-state index is 0.239. The van der Waals surface area contributed by atoms with Crippen molar-refractivity contribution < 1.29 is 9.47 Å². The van der Waals surface area contributed by atoms with Crippen LogP contribution in [0.2, 0.25) is 0 Å². The molecule has 3 nitrogen and oxygen atoms in total. The topological polar surface area (TPSA) is 30.5 Å². The van der Waals surface area contributed by atoms with Gasteiger partial charge in [-0.2, -0.15) is 0 Å². The van der Waals surface area contributed by atoms with Gasteiger partial charge in [0.1, 0.15) is 11.5 Å². The van der Waals surface area contributed by atoms with Crippen LogP contribution in [0.3, 0.4) is 0 Å². The molecule has 3 heteroatoms. The first-order chi connectivity index (χ1) is 15.8. The second-order valence-corrected chi connectivity index (χ2v) is 8.63. The summed E-state index contributed by atoms with van der Waals surface area (Å²) in [6.07, 6.45) is 7.84. The van der Waals surface area contributed by atoms with Gasteiger partial charge in [-0.3, -0.25) is 0 Å². The van der Waals surface area contributed by atoms with Gasteiger partial charge in [-0.15, -0.1) is 0 Å². The Kier molecular flexibility index (Phi) is 6.15. The molecule has 1 aliphatic heterocycles. The van der Waals surface area contributed by atoms with Gasteiger partial charge >= 0.3 is 0 Å². The van der Waals surface area contributed by atoms with Gasteiger partial charge in [0.15, 0.2) is 0 Å². The van der Waals surface area contributed by atoms with E-state index in [0.29, 0.717) is 18.4 Å². The molecule has 0 amide bonds. The summed E-state index contributed by atoms with van der Waals surface area (Å²) in [6, 6.07) is 25.8. The van der Waals surface area contributed by atoms with E-state index in [9.17, 15) is 0 Å². The number of ether oxygens (including phenoxy) is 2. The van der Waals surface area contributed by atoms with E-state index < -0.39 is 0 Å². The zero-order valence-corrected chi connectivity index (χ0v) is 18.7. The van der Waals surface area contributed by atoms with Gasteiger partial charge in [0.25, 0.3) is 0 Å². The molecule has 0 spiro atoms. The zero-order valence-electron chi connectivity index (χ0n) is 18.7. The summed E-state index contributed by atoms with van der Waals surface area (Å²) < 4.78 is 12.1. The summed E-state index contributed by atoms with van der Waals surface area (Å²) in [5, 5.41) is 3.82. The molecule has 0 saturated carbocycles. The van der Waals surface area contributed by atoms with Crippen LogP contribution in [-0.4, -0.2) is 13.2 Å². The minimum Gasteiger partial charge on any atom is -0.494 e. The van der Waals surface area contributed by atoms with Crippen molar-refractivity contribution in [3.05, 3.63) is 102 Å². The molecule has 5 rings (SSSR count). The quantitative estimate of drug-likeness (QED) is 0.314. The van der Waals surface area contributed by atoms with E-state index in [1.165, 1.54) is 22.4 Å². The van der Waals surface area contributed by atoms with Gasteiger partial charge in [0, 0.05) is 17.2 Å². The molecule has 1 heterocycles. The van der Waals surface area contributed by atoms with Crippen molar-refractivity contribution in [2.45, 2.75) is 38.1 Å². The van der Waals surface area contributed by atoms with Crippen molar-refractivity contribution >= 4 is 5.69 Å². The first-order valence-corrected chi connectivity index (χ1v) is 11.8. The van der Waals surface area contributed by atoms with Crippen LogP contribution in [0.1, 0.15) is 48.4 Å². The lowest BCUT2D eigenvalue weighted by molar-refractivity contribution is 0.309. The molecule has 3 unspecified atom stereocenters. The zero-order chi connectivity index (χ0) is 21.8. The molecule has 2 aliphatic rings. The number of hydrogen-bond donors (Lipinski definition) is 1. The first-order valence-electron chi connectivity index (χ1n) is 11.8. The monoisotopic (exact) mass is 425 g/mol. The number of anilines is 1. The highest BCUT2D eigenvalue weighted by molar-refractivity contribution is 5.62. The Morgan fingerprint density at radius 1 is 0.906 bits per heavy atom. The van der Waals surface area contributed by atoms with E-state index >= 15 is 0 Å². The number of hydrogen-bond acceptors (Lipinski definition) is 3. The highest BCUT2D eigenvalue weighted by Gasteiger charge is 2.39. The first kappa shape index (κ1) is 20.7. The second kappa shape index (κ2) is 9.52. The van der Waals surface area contributed by atoms with Crippen molar-refractivity contribution in [2.75, 3.05) is 18.5 Å². The number of benzene rings is 3. The Bertz CT molecular complexity index is 1080. The molecule has 0 bridgehead atoms. The average Bonchev–Trinajstić information content (AvgIpc) is 3.33. The summed E-state index contributed by atoms with van der Waals surface area (Å²) in [4.78, 5) is 0. The maximum absolute atomic E-state index is 6.13. The fourth-order valence-corrected chi connectivity index (χ4v) is 5.11. The van der Waals surface area contributed by atoms with Gasteiger partial charge in [-0.25, -0.2) is 0 Å². The summed E-state index contributed by atoms with van der Waals surface area (Å²) in [5.41, 5.74) is 5.16. The van der Waals surface area contributed by atoms with Crippen LogP contribution in [0.15, 0.2) is 84.9 Å². The van der Waals surface area contributed by atoms with Crippen molar-refractivity contribution in [2.24, 2.45) is 5.92 Å². The number of para-hydroxylation sites is 1. The van der Waals surface area contributed by atoms with Crippen LogP contribution >= 0.6 is 0 Å². The van der Waals surface area contributed by atoms with Crippen molar-refractivity contribution in [3.63, 3.8) is 0 Å². The van der Waals surface area contributed by atoms with Gasteiger partial charge in [0.05, 0.1) is 19.3 Å². The average molecular weight is 426 g/mol. The van der Waals surface area contributed by atoms with Crippen LogP contribution in [-0.2, 0) is 6.42 Å². The molecule has 32 heavy (non-hydrogen) atoms. The minimum absolute atomic E-state index is 0.239. The van der Waals surface area contributed by atoms with Crippen LogP contribution in [0.5, 0.6) is 11.5 Å². The van der Waals surface area contributed by atoms with Crippen molar-refractivity contribution in [1.82, 2.24) is 0 Å². The number of allylic oxidation sites excluding steroid dienone is 2. The highest BCUT2D eigenvalue weighted by Crippen LogP contribution is 2.51. The fraction of sp³-hybridized carbons (Fsp3) is 0.310. The second-order valence-electron chi connectivity index (χ2n) is 8.63. The molecule has 3 aromatic carbocycles. The van der Waals surface area contributed by atoms with E-state index in [-0.39, 0.29) is 6.04 Å². The van der Waals surface area contributed by atoms with Gasteiger partial charge in [-0.1, -0.05) is 60.7 Å². The SMILES string of the molecule is CCOc1ccccc1C1Nc2ccc(OCCCc3ccccc3)cc2C2C=CCC21. The Hall–Kier alpha value is -3.20. The van der Waals surface area contributed by atoms with Crippen LogP contribution in [0, 0.1) is 5.92 Å². The van der Waals surface area contributed by atoms with Gasteiger partial charge in [-0.05, 0) is 67.5 Å². The molecular weight excluding hydrogens is 394 g/mol.